The molecule has 0 aliphatic carbocycles. The van der Waals surface area contributed by atoms with Gasteiger partial charge in [-0.05, 0) is 25.1 Å². The van der Waals surface area contributed by atoms with Crippen LogP contribution in [0.1, 0.15) is 18.5 Å². The molecule has 1 aromatic carbocycles. The third-order valence-electron chi connectivity index (χ3n) is 2.55. The van der Waals surface area contributed by atoms with Gasteiger partial charge in [0.05, 0.1) is 4.92 Å². The molecule has 1 atom stereocenters. The Kier molecular flexibility index (Phi) is 3.72. The number of ether oxygens (including phenoxy) is 1. The summed E-state index contributed by atoms with van der Waals surface area (Å²) < 4.78 is 5.59. The Morgan fingerprint density at radius 1 is 1.32 bits per heavy atom. The molecule has 2 N–H and O–H groups in total. The van der Waals surface area contributed by atoms with Gasteiger partial charge in [0.15, 0.2) is 0 Å². The van der Waals surface area contributed by atoms with E-state index in [1.165, 1.54) is 24.3 Å². The van der Waals surface area contributed by atoms with E-state index in [0.29, 0.717) is 11.6 Å². The molecule has 0 radical (unpaired) electrons. The highest BCUT2D eigenvalue weighted by molar-refractivity contribution is 5.39. The number of nitrogens with zero attached hydrogens (tertiary/aromatic N) is 2. The fourth-order valence-corrected chi connectivity index (χ4v) is 1.58. The molecule has 2 aromatic rings. The summed E-state index contributed by atoms with van der Waals surface area (Å²) >= 11 is 0. The summed E-state index contributed by atoms with van der Waals surface area (Å²) in [6, 6.07) is 9.21. The van der Waals surface area contributed by atoms with E-state index in [0.717, 1.165) is 5.56 Å². The number of nitro groups is 1. The predicted molar refractivity (Wildman–Crippen MR) is 70.0 cm³/mol. The summed E-state index contributed by atoms with van der Waals surface area (Å²) in [6.07, 6.45) is 1.60. The summed E-state index contributed by atoms with van der Waals surface area (Å²) in [6.45, 7) is 1.83. The third kappa shape index (κ3) is 3.05. The van der Waals surface area contributed by atoms with Crippen molar-refractivity contribution < 1.29 is 9.66 Å². The molecule has 98 valence electrons. The van der Waals surface area contributed by atoms with Crippen molar-refractivity contribution in [3.63, 3.8) is 0 Å². The molecule has 0 fully saturated rings. The Hall–Kier alpha value is -2.47. The SMILES string of the molecule is C[C@@H](N)c1cccnc1Oc1ccc([N+](=O)[O-])cc1. The molecule has 6 nitrogen and oxygen atoms in total. The number of benzene rings is 1. The highest BCUT2D eigenvalue weighted by Gasteiger charge is 2.11. The molecule has 0 saturated heterocycles. The van der Waals surface area contributed by atoms with Crippen LogP contribution in [-0.2, 0) is 0 Å². The molecule has 0 amide bonds. The van der Waals surface area contributed by atoms with Crippen molar-refractivity contribution >= 4 is 5.69 Å². The van der Waals surface area contributed by atoms with Gasteiger partial charge in [-0.3, -0.25) is 10.1 Å². The van der Waals surface area contributed by atoms with Gasteiger partial charge in [0.25, 0.3) is 5.69 Å². The monoisotopic (exact) mass is 259 g/mol. The number of nitro benzene ring substituents is 1. The lowest BCUT2D eigenvalue weighted by Gasteiger charge is -2.11. The van der Waals surface area contributed by atoms with Crippen molar-refractivity contribution in [1.29, 1.82) is 0 Å². The Morgan fingerprint density at radius 2 is 2.00 bits per heavy atom. The molecule has 0 saturated carbocycles. The van der Waals surface area contributed by atoms with E-state index in [4.69, 9.17) is 10.5 Å². The van der Waals surface area contributed by atoms with E-state index in [2.05, 4.69) is 4.98 Å². The topological polar surface area (TPSA) is 91.3 Å². The molecule has 0 spiro atoms. The molecule has 0 aliphatic heterocycles. The van der Waals surface area contributed by atoms with E-state index in [-0.39, 0.29) is 11.7 Å². The quantitative estimate of drug-likeness (QED) is 0.673. The molecular weight excluding hydrogens is 246 g/mol. The molecule has 19 heavy (non-hydrogen) atoms. The van der Waals surface area contributed by atoms with Crippen molar-refractivity contribution in [1.82, 2.24) is 4.98 Å². The first kappa shape index (κ1) is 13.0. The average Bonchev–Trinajstić information content (AvgIpc) is 2.39. The van der Waals surface area contributed by atoms with Crippen LogP contribution in [0.25, 0.3) is 0 Å². The number of pyridine rings is 1. The first-order valence-corrected chi connectivity index (χ1v) is 5.70. The van der Waals surface area contributed by atoms with Crippen LogP contribution < -0.4 is 10.5 Å². The third-order valence-corrected chi connectivity index (χ3v) is 2.55. The van der Waals surface area contributed by atoms with Gasteiger partial charge in [0, 0.05) is 29.9 Å². The molecule has 0 bridgehead atoms. The molecular formula is C13H13N3O3. The van der Waals surface area contributed by atoms with Gasteiger partial charge in [-0.2, -0.15) is 0 Å². The maximum absolute atomic E-state index is 10.5. The predicted octanol–water partition coefficient (Wildman–Crippen LogP) is 2.80. The van der Waals surface area contributed by atoms with Crippen molar-refractivity contribution in [2.75, 3.05) is 0 Å². The second kappa shape index (κ2) is 5.45. The molecule has 1 heterocycles. The lowest BCUT2D eigenvalue weighted by atomic mass is 10.1. The standard InChI is InChI=1S/C13H13N3O3/c1-9(14)12-3-2-8-15-13(12)19-11-6-4-10(5-7-11)16(17)18/h2-9H,14H2,1H3/t9-/m1/s1. The van der Waals surface area contributed by atoms with Crippen LogP contribution in [0.15, 0.2) is 42.6 Å². The second-order valence-corrected chi connectivity index (χ2v) is 4.04. The van der Waals surface area contributed by atoms with Gasteiger partial charge in [-0.15, -0.1) is 0 Å². The first-order chi connectivity index (χ1) is 9.08. The van der Waals surface area contributed by atoms with Crippen molar-refractivity contribution in [2.24, 2.45) is 5.73 Å². The van der Waals surface area contributed by atoms with Crippen molar-refractivity contribution in [2.45, 2.75) is 13.0 Å². The van der Waals surface area contributed by atoms with Crippen LogP contribution in [0.2, 0.25) is 0 Å². The summed E-state index contributed by atoms with van der Waals surface area (Å²) in [5.41, 5.74) is 6.62. The lowest BCUT2D eigenvalue weighted by Crippen LogP contribution is -2.07. The number of nitrogens with two attached hydrogens (primary N) is 1. The van der Waals surface area contributed by atoms with Crippen molar-refractivity contribution in [3.8, 4) is 11.6 Å². The van der Waals surface area contributed by atoms with E-state index in [1.807, 2.05) is 13.0 Å². The average molecular weight is 259 g/mol. The summed E-state index contributed by atoms with van der Waals surface area (Å²) in [4.78, 5) is 14.2. The number of non-ortho nitro benzene ring substituents is 1. The molecule has 6 heteroatoms. The minimum absolute atomic E-state index is 0.0146. The normalized spacial score (nSPS) is 11.9. The minimum atomic E-state index is -0.460. The van der Waals surface area contributed by atoms with E-state index < -0.39 is 4.92 Å². The largest absolute Gasteiger partial charge is 0.439 e. The molecule has 0 unspecified atom stereocenters. The molecule has 0 aliphatic rings. The highest BCUT2D eigenvalue weighted by atomic mass is 16.6. The van der Waals surface area contributed by atoms with Crippen LogP contribution in [0.4, 0.5) is 5.69 Å². The molecule has 1 aromatic heterocycles. The van der Waals surface area contributed by atoms with Gasteiger partial charge in [0.2, 0.25) is 5.88 Å². The smallest absolute Gasteiger partial charge is 0.269 e. The Labute approximate surface area is 110 Å². The Bertz CT molecular complexity index is 582. The van der Waals surface area contributed by atoms with Crippen LogP contribution >= 0.6 is 0 Å². The van der Waals surface area contributed by atoms with E-state index in [9.17, 15) is 10.1 Å². The Balaban J connectivity index is 2.24. The van der Waals surface area contributed by atoms with Gasteiger partial charge in [-0.25, -0.2) is 4.98 Å². The van der Waals surface area contributed by atoms with Crippen LogP contribution in [0.5, 0.6) is 11.6 Å². The zero-order valence-electron chi connectivity index (χ0n) is 10.3. The fourth-order valence-electron chi connectivity index (χ4n) is 1.58. The van der Waals surface area contributed by atoms with Crippen LogP contribution in [0, 0.1) is 10.1 Å². The van der Waals surface area contributed by atoms with E-state index >= 15 is 0 Å². The van der Waals surface area contributed by atoms with Crippen LogP contribution in [0.3, 0.4) is 0 Å². The number of hydrogen-bond donors (Lipinski definition) is 1. The summed E-state index contributed by atoms with van der Waals surface area (Å²) in [5, 5.41) is 10.5. The van der Waals surface area contributed by atoms with Gasteiger partial charge in [-0.1, -0.05) is 6.07 Å². The van der Waals surface area contributed by atoms with Gasteiger partial charge >= 0.3 is 0 Å². The minimum Gasteiger partial charge on any atom is -0.439 e. The number of aromatic nitrogens is 1. The maximum Gasteiger partial charge on any atom is 0.269 e. The number of hydrogen-bond acceptors (Lipinski definition) is 5. The molecule has 2 rings (SSSR count). The summed E-state index contributed by atoms with van der Waals surface area (Å²) in [7, 11) is 0. The highest BCUT2D eigenvalue weighted by Crippen LogP contribution is 2.27. The zero-order chi connectivity index (χ0) is 13.8. The second-order valence-electron chi connectivity index (χ2n) is 4.04. The number of rotatable bonds is 4. The van der Waals surface area contributed by atoms with E-state index in [1.54, 1.807) is 12.3 Å². The first-order valence-electron chi connectivity index (χ1n) is 5.70. The van der Waals surface area contributed by atoms with Gasteiger partial charge < -0.3 is 10.5 Å². The zero-order valence-corrected chi connectivity index (χ0v) is 10.3. The lowest BCUT2D eigenvalue weighted by molar-refractivity contribution is -0.384. The van der Waals surface area contributed by atoms with Gasteiger partial charge in [0.1, 0.15) is 5.75 Å². The fraction of sp³-hybridized carbons (Fsp3) is 0.154. The Morgan fingerprint density at radius 3 is 2.58 bits per heavy atom. The summed E-state index contributed by atoms with van der Waals surface area (Å²) in [5.74, 6) is 0.887. The van der Waals surface area contributed by atoms with Crippen molar-refractivity contribution in [3.05, 3.63) is 58.3 Å². The maximum atomic E-state index is 10.5. The van der Waals surface area contributed by atoms with Crippen LogP contribution in [-0.4, -0.2) is 9.91 Å².